The highest BCUT2D eigenvalue weighted by molar-refractivity contribution is 6.32. The van der Waals surface area contributed by atoms with Crippen LogP contribution in [0.1, 0.15) is 11.7 Å². The first-order valence-corrected chi connectivity index (χ1v) is 3.75. The molecular weight excluding hydrogens is 199 g/mol. The fraction of sp³-hybridized carbons (Fsp3) is 0.125. The number of hydrogen-bond acceptors (Lipinski definition) is 2. The Balaban J connectivity index is 3.03. The fourth-order valence-corrected chi connectivity index (χ4v) is 1.01. The average Bonchev–Trinajstić information content (AvgIpc) is 2.08. The topological polar surface area (TPSA) is 57.5 Å². The van der Waals surface area contributed by atoms with E-state index in [2.05, 4.69) is 0 Å². The van der Waals surface area contributed by atoms with Crippen molar-refractivity contribution >= 4 is 17.6 Å². The van der Waals surface area contributed by atoms with Crippen LogP contribution in [0.5, 0.6) is 5.75 Å². The molecule has 13 heavy (non-hydrogen) atoms. The van der Waals surface area contributed by atoms with Gasteiger partial charge in [-0.1, -0.05) is 17.7 Å². The van der Waals surface area contributed by atoms with Crippen LogP contribution in [-0.2, 0) is 4.79 Å². The van der Waals surface area contributed by atoms with Crippen molar-refractivity contribution in [2.75, 3.05) is 0 Å². The van der Waals surface area contributed by atoms with Gasteiger partial charge in [-0.3, -0.25) is 0 Å². The molecule has 0 bridgehead atoms. The van der Waals surface area contributed by atoms with Gasteiger partial charge < -0.3 is 10.2 Å². The fourth-order valence-electron chi connectivity index (χ4n) is 0.823. The number of benzene rings is 1. The van der Waals surface area contributed by atoms with Gasteiger partial charge in [0.1, 0.15) is 5.75 Å². The monoisotopic (exact) mass is 204 g/mol. The van der Waals surface area contributed by atoms with Gasteiger partial charge in [-0.05, 0) is 17.7 Å². The van der Waals surface area contributed by atoms with Gasteiger partial charge in [0.2, 0.25) is 6.17 Å². The van der Waals surface area contributed by atoms with Gasteiger partial charge in [0.25, 0.3) is 0 Å². The van der Waals surface area contributed by atoms with Crippen molar-refractivity contribution < 1.29 is 19.4 Å². The van der Waals surface area contributed by atoms with Gasteiger partial charge in [0, 0.05) is 0 Å². The van der Waals surface area contributed by atoms with Gasteiger partial charge in [0.15, 0.2) is 0 Å². The average molecular weight is 205 g/mol. The number of phenolic OH excluding ortho intramolecular Hbond substituents is 1. The highest BCUT2D eigenvalue weighted by atomic mass is 35.5. The largest absolute Gasteiger partial charge is 0.506 e. The normalized spacial score (nSPS) is 12.5. The number of carbonyl (C=O) groups is 1. The first-order valence-electron chi connectivity index (χ1n) is 3.37. The number of halogens is 2. The number of hydrogen-bond donors (Lipinski definition) is 2. The van der Waals surface area contributed by atoms with Gasteiger partial charge in [-0.25, -0.2) is 9.18 Å². The van der Waals surface area contributed by atoms with Crippen LogP contribution in [0.3, 0.4) is 0 Å². The van der Waals surface area contributed by atoms with E-state index in [1.165, 1.54) is 6.07 Å². The third-order valence-corrected chi connectivity index (χ3v) is 1.78. The maximum Gasteiger partial charge on any atom is 0.343 e. The van der Waals surface area contributed by atoms with Crippen molar-refractivity contribution in [2.45, 2.75) is 6.17 Å². The molecule has 1 aromatic carbocycles. The van der Waals surface area contributed by atoms with Crippen LogP contribution in [0.4, 0.5) is 4.39 Å². The smallest absolute Gasteiger partial charge is 0.343 e. The van der Waals surface area contributed by atoms with Crippen LogP contribution in [-0.4, -0.2) is 16.2 Å². The minimum Gasteiger partial charge on any atom is -0.506 e. The molecule has 0 spiro atoms. The molecule has 2 N–H and O–H groups in total. The Hall–Kier alpha value is -1.29. The summed E-state index contributed by atoms with van der Waals surface area (Å²) in [5.74, 6) is -1.79. The Morgan fingerprint density at radius 2 is 2.15 bits per heavy atom. The standard InChI is InChI=1S/C8H6ClFO3/c9-5-3-4(1-2-6(5)11)7(10)8(12)13/h1-3,7,11H,(H,12,13). The number of aliphatic carboxylic acids is 1. The Morgan fingerprint density at radius 1 is 1.54 bits per heavy atom. The molecule has 0 aliphatic carbocycles. The zero-order valence-electron chi connectivity index (χ0n) is 6.37. The molecule has 1 unspecified atom stereocenters. The quantitative estimate of drug-likeness (QED) is 0.776. The molecule has 1 aromatic rings. The number of carboxylic acid groups (broad SMARTS) is 1. The van der Waals surface area contributed by atoms with Crippen LogP contribution >= 0.6 is 11.6 Å². The van der Waals surface area contributed by atoms with Crippen molar-refractivity contribution in [3.63, 3.8) is 0 Å². The summed E-state index contributed by atoms with van der Waals surface area (Å²) in [7, 11) is 0. The lowest BCUT2D eigenvalue weighted by Gasteiger charge is -2.04. The van der Waals surface area contributed by atoms with Gasteiger partial charge in [0.05, 0.1) is 5.02 Å². The molecule has 5 heteroatoms. The molecule has 0 heterocycles. The molecule has 1 atom stereocenters. The molecule has 0 aliphatic rings. The SMILES string of the molecule is O=C(O)C(F)c1ccc(O)c(Cl)c1. The zero-order chi connectivity index (χ0) is 10.0. The van der Waals surface area contributed by atoms with E-state index < -0.39 is 12.1 Å². The Morgan fingerprint density at radius 3 is 2.62 bits per heavy atom. The molecule has 3 nitrogen and oxygen atoms in total. The van der Waals surface area contributed by atoms with E-state index in [9.17, 15) is 9.18 Å². The zero-order valence-corrected chi connectivity index (χ0v) is 7.12. The van der Waals surface area contributed by atoms with Gasteiger partial charge >= 0.3 is 5.97 Å². The van der Waals surface area contributed by atoms with E-state index in [1.807, 2.05) is 0 Å². The Kier molecular flexibility index (Phi) is 2.72. The maximum absolute atomic E-state index is 12.8. The highest BCUT2D eigenvalue weighted by Crippen LogP contribution is 2.27. The summed E-state index contributed by atoms with van der Waals surface area (Å²) < 4.78 is 12.8. The number of phenols is 1. The first-order chi connectivity index (χ1) is 6.02. The van der Waals surface area contributed by atoms with Crippen molar-refractivity contribution in [2.24, 2.45) is 0 Å². The molecule has 0 amide bonds. The summed E-state index contributed by atoms with van der Waals surface area (Å²) in [4.78, 5) is 10.2. The van der Waals surface area contributed by atoms with Crippen molar-refractivity contribution in [1.82, 2.24) is 0 Å². The van der Waals surface area contributed by atoms with Gasteiger partial charge in [-0.15, -0.1) is 0 Å². The first kappa shape index (κ1) is 9.80. The summed E-state index contributed by atoms with van der Waals surface area (Å²) in [6.07, 6.45) is -2.11. The van der Waals surface area contributed by atoms with Crippen molar-refractivity contribution in [1.29, 1.82) is 0 Å². The molecule has 0 radical (unpaired) electrons. The van der Waals surface area contributed by atoms with E-state index in [0.717, 1.165) is 12.1 Å². The summed E-state index contributed by atoms with van der Waals surface area (Å²) >= 11 is 5.45. The molecular formula is C8H6ClFO3. The highest BCUT2D eigenvalue weighted by Gasteiger charge is 2.18. The van der Waals surface area contributed by atoms with E-state index in [4.69, 9.17) is 21.8 Å². The molecule has 70 valence electrons. The lowest BCUT2D eigenvalue weighted by Crippen LogP contribution is -2.05. The van der Waals surface area contributed by atoms with Crippen LogP contribution in [0.15, 0.2) is 18.2 Å². The maximum atomic E-state index is 12.8. The molecule has 0 fully saturated rings. The Bertz CT molecular complexity index is 340. The van der Waals surface area contributed by atoms with E-state index in [1.54, 1.807) is 0 Å². The van der Waals surface area contributed by atoms with Crippen molar-refractivity contribution in [3.8, 4) is 5.75 Å². The number of carboxylic acids is 1. The van der Waals surface area contributed by atoms with Crippen LogP contribution in [0.2, 0.25) is 5.02 Å². The predicted octanol–water partition coefficient (Wildman–Crippen LogP) is 2.14. The minimum atomic E-state index is -2.11. The lowest BCUT2D eigenvalue weighted by atomic mass is 10.1. The van der Waals surface area contributed by atoms with Crippen LogP contribution < -0.4 is 0 Å². The summed E-state index contributed by atoms with van der Waals surface area (Å²) in [6.45, 7) is 0. The lowest BCUT2D eigenvalue weighted by molar-refractivity contribution is -0.143. The van der Waals surface area contributed by atoms with E-state index in [0.29, 0.717) is 0 Å². The second kappa shape index (κ2) is 3.62. The summed E-state index contributed by atoms with van der Waals surface area (Å²) in [5.41, 5.74) is -0.0877. The van der Waals surface area contributed by atoms with Crippen LogP contribution in [0, 0.1) is 0 Å². The molecule has 0 aliphatic heterocycles. The number of alkyl halides is 1. The molecule has 0 saturated heterocycles. The number of rotatable bonds is 2. The third-order valence-electron chi connectivity index (χ3n) is 1.48. The predicted molar refractivity (Wildman–Crippen MR) is 44.6 cm³/mol. The van der Waals surface area contributed by atoms with Crippen molar-refractivity contribution in [3.05, 3.63) is 28.8 Å². The van der Waals surface area contributed by atoms with Crippen LogP contribution in [0.25, 0.3) is 0 Å². The second-order valence-electron chi connectivity index (χ2n) is 2.41. The van der Waals surface area contributed by atoms with Gasteiger partial charge in [-0.2, -0.15) is 0 Å². The summed E-state index contributed by atoms with van der Waals surface area (Å²) in [5, 5.41) is 17.2. The van der Waals surface area contributed by atoms with E-state index in [-0.39, 0.29) is 16.3 Å². The molecule has 0 aromatic heterocycles. The number of aromatic hydroxyl groups is 1. The Labute approximate surface area is 78.4 Å². The minimum absolute atomic E-state index is 0.0681. The summed E-state index contributed by atoms with van der Waals surface area (Å²) in [6, 6.07) is 3.39. The second-order valence-corrected chi connectivity index (χ2v) is 2.82. The molecule has 0 saturated carbocycles. The van der Waals surface area contributed by atoms with E-state index >= 15 is 0 Å². The molecule has 1 rings (SSSR count). The third kappa shape index (κ3) is 2.09.